The van der Waals surface area contributed by atoms with Crippen LogP contribution < -0.4 is 0 Å². The lowest BCUT2D eigenvalue weighted by molar-refractivity contribution is 0.564. The third-order valence-electron chi connectivity index (χ3n) is 2.36. The summed E-state index contributed by atoms with van der Waals surface area (Å²) < 4.78 is 26.7. The van der Waals surface area contributed by atoms with E-state index < -0.39 is 11.6 Å². The third-order valence-corrected chi connectivity index (χ3v) is 2.36. The van der Waals surface area contributed by atoms with Crippen molar-refractivity contribution in [1.29, 1.82) is 0 Å². The maximum Gasteiger partial charge on any atom is 0.132 e. The van der Waals surface area contributed by atoms with Crippen molar-refractivity contribution in [1.82, 2.24) is 4.98 Å². The van der Waals surface area contributed by atoms with E-state index in [1.165, 1.54) is 19.1 Å². The van der Waals surface area contributed by atoms with Crippen LogP contribution in [0.4, 0.5) is 8.78 Å². The van der Waals surface area contributed by atoms with Gasteiger partial charge in [-0.25, -0.2) is 8.78 Å². The maximum atomic E-state index is 13.7. The minimum atomic E-state index is -0.527. The molecule has 0 unspecified atom stereocenters. The van der Waals surface area contributed by atoms with Gasteiger partial charge in [0, 0.05) is 24.4 Å². The lowest BCUT2D eigenvalue weighted by Crippen LogP contribution is -1.96. The Balaban J connectivity index is 2.33. The summed E-state index contributed by atoms with van der Waals surface area (Å²) in [5.74, 6) is -1.05. The zero-order chi connectivity index (χ0) is 11.5. The molecular formula is C13H10F2N. The molecule has 1 aromatic heterocycles. The van der Waals surface area contributed by atoms with Crippen LogP contribution in [-0.4, -0.2) is 4.98 Å². The Kier molecular flexibility index (Phi) is 2.95. The molecule has 0 saturated heterocycles. The standard InChI is InChI=1S/C13H10F2N/c1-9-12(14)5-4-11(13(9)15)7-10-3-2-6-16-8-10/h2-8H,1H3. The number of hydrogen-bond donors (Lipinski definition) is 0. The Bertz CT molecular complexity index is 495. The third kappa shape index (κ3) is 2.08. The SMILES string of the molecule is Cc1c(F)ccc([CH]c2cccnc2)c1F. The van der Waals surface area contributed by atoms with Gasteiger partial charge in [0.15, 0.2) is 0 Å². The predicted molar refractivity (Wildman–Crippen MR) is 57.8 cm³/mol. The summed E-state index contributed by atoms with van der Waals surface area (Å²) in [6.07, 6.45) is 4.90. The summed E-state index contributed by atoms with van der Waals surface area (Å²) in [5.41, 5.74) is 1.19. The molecule has 16 heavy (non-hydrogen) atoms. The van der Waals surface area contributed by atoms with E-state index >= 15 is 0 Å². The van der Waals surface area contributed by atoms with E-state index in [0.29, 0.717) is 5.56 Å². The van der Waals surface area contributed by atoms with Crippen LogP contribution in [0.25, 0.3) is 0 Å². The highest BCUT2D eigenvalue weighted by molar-refractivity contribution is 5.39. The summed E-state index contributed by atoms with van der Waals surface area (Å²) in [5, 5.41) is 0. The molecule has 2 rings (SSSR count). The molecule has 0 aliphatic carbocycles. The van der Waals surface area contributed by atoms with E-state index in [0.717, 1.165) is 5.56 Å². The van der Waals surface area contributed by atoms with Gasteiger partial charge in [0.2, 0.25) is 0 Å². The van der Waals surface area contributed by atoms with Crippen molar-refractivity contribution in [3.05, 3.63) is 71.4 Å². The van der Waals surface area contributed by atoms with E-state index in [9.17, 15) is 8.78 Å². The fourth-order valence-corrected chi connectivity index (χ4v) is 1.43. The molecule has 2 aromatic rings. The molecule has 81 valence electrons. The number of aromatic nitrogens is 1. The van der Waals surface area contributed by atoms with Crippen molar-refractivity contribution in [2.45, 2.75) is 6.92 Å². The van der Waals surface area contributed by atoms with E-state index in [1.807, 2.05) is 6.07 Å². The molecule has 3 heteroatoms. The molecule has 0 amide bonds. The van der Waals surface area contributed by atoms with Gasteiger partial charge in [0.1, 0.15) is 11.6 Å². The summed E-state index contributed by atoms with van der Waals surface area (Å²) in [7, 11) is 0. The molecule has 0 spiro atoms. The quantitative estimate of drug-likeness (QED) is 0.753. The van der Waals surface area contributed by atoms with Crippen LogP contribution in [0.2, 0.25) is 0 Å². The van der Waals surface area contributed by atoms with Gasteiger partial charge in [-0.05, 0) is 30.2 Å². The normalized spacial score (nSPS) is 10.4. The first-order valence-corrected chi connectivity index (χ1v) is 4.88. The smallest absolute Gasteiger partial charge is 0.132 e. The fraction of sp³-hybridized carbons (Fsp3) is 0.0769. The van der Waals surface area contributed by atoms with Crippen LogP contribution in [0.3, 0.4) is 0 Å². The Labute approximate surface area is 92.8 Å². The van der Waals surface area contributed by atoms with Gasteiger partial charge in [0.05, 0.1) is 0 Å². The first-order chi connectivity index (χ1) is 7.68. The Morgan fingerprint density at radius 3 is 2.69 bits per heavy atom. The average molecular weight is 218 g/mol. The first-order valence-electron chi connectivity index (χ1n) is 4.88. The number of hydrogen-bond acceptors (Lipinski definition) is 1. The van der Waals surface area contributed by atoms with Gasteiger partial charge in [0.25, 0.3) is 0 Å². The monoisotopic (exact) mass is 218 g/mol. The molecule has 0 fully saturated rings. The van der Waals surface area contributed by atoms with Crippen LogP contribution >= 0.6 is 0 Å². The highest BCUT2D eigenvalue weighted by Gasteiger charge is 2.10. The van der Waals surface area contributed by atoms with Crippen molar-refractivity contribution in [3.8, 4) is 0 Å². The molecule has 1 heterocycles. The number of pyridine rings is 1. The highest BCUT2D eigenvalue weighted by Crippen LogP contribution is 2.19. The van der Waals surface area contributed by atoms with E-state index in [-0.39, 0.29) is 5.56 Å². The molecular weight excluding hydrogens is 208 g/mol. The van der Waals surface area contributed by atoms with Crippen LogP contribution in [-0.2, 0) is 0 Å². The van der Waals surface area contributed by atoms with Gasteiger partial charge in [-0.15, -0.1) is 0 Å². The Hall–Kier alpha value is -1.77. The Morgan fingerprint density at radius 1 is 1.19 bits per heavy atom. The maximum absolute atomic E-state index is 13.7. The lowest BCUT2D eigenvalue weighted by Gasteiger charge is -2.05. The number of rotatable bonds is 2. The van der Waals surface area contributed by atoms with E-state index in [1.54, 1.807) is 24.9 Å². The fourth-order valence-electron chi connectivity index (χ4n) is 1.43. The van der Waals surface area contributed by atoms with Crippen molar-refractivity contribution in [2.24, 2.45) is 0 Å². The molecule has 0 saturated carbocycles. The van der Waals surface area contributed by atoms with Crippen molar-refractivity contribution in [3.63, 3.8) is 0 Å². The van der Waals surface area contributed by atoms with E-state index in [4.69, 9.17) is 0 Å². The van der Waals surface area contributed by atoms with Crippen LogP contribution in [0.5, 0.6) is 0 Å². The van der Waals surface area contributed by atoms with Crippen LogP contribution in [0.1, 0.15) is 16.7 Å². The minimum Gasteiger partial charge on any atom is -0.264 e. The van der Waals surface area contributed by atoms with Gasteiger partial charge >= 0.3 is 0 Å². The van der Waals surface area contributed by atoms with E-state index in [2.05, 4.69) is 4.98 Å². The topological polar surface area (TPSA) is 12.9 Å². The number of benzene rings is 1. The molecule has 0 aliphatic heterocycles. The van der Waals surface area contributed by atoms with Gasteiger partial charge in [-0.1, -0.05) is 12.1 Å². The second-order valence-electron chi connectivity index (χ2n) is 3.51. The first kappa shape index (κ1) is 10.7. The molecule has 0 N–H and O–H groups in total. The van der Waals surface area contributed by atoms with Gasteiger partial charge in [-0.2, -0.15) is 0 Å². The van der Waals surface area contributed by atoms with Gasteiger partial charge in [-0.3, -0.25) is 4.98 Å². The summed E-state index contributed by atoms with van der Waals surface area (Å²) in [6.45, 7) is 1.42. The average Bonchev–Trinajstić information content (AvgIpc) is 2.31. The van der Waals surface area contributed by atoms with Crippen LogP contribution in [0.15, 0.2) is 36.7 Å². The van der Waals surface area contributed by atoms with Gasteiger partial charge < -0.3 is 0 Å². The van der Waals surface area contributed by atoms with Crippen molar-refractivity contribution < 1.29 is 8.78 Å². The summed E-state index contributed by atoms with van der Waals surface area (Å²) in [6, 6.07) is 6.26. The minimum absolute atomic E-state index is 0.0395. The number of halogens is 2. The lowest BCUT2D eigenvalue weighted by atomic mass is 10.0. The summed E-state index contributed by atoms with van der Waals surface area (Å²) in [4.78, 5) is 3.92. The highest BCUT2D eigenvalue weighted by atomic mass is 19.1. The molecule has 0 bridgehead atoms. The molecule has 1 nitrogen and oxygen atoms in total. The number of nitrogens with zero attached hydrogens (tertiary/aromatic N) is 1. The second-order valence-corrected chi connectivity index (χ2v) is 3.51. The van der Waals surface area contributed by atoms with Crippen molar-refractivity contribution in [2.75, 3.05) is 0 Å². The largest absolute Gasteiger partial charge is 0.264 e. The summed E-state index contributed by atoms with van der Waals surface area (Å²) >= 11 is 0. The Morgan fingerprint density at radius 2 is 2.00 bits per heavy atom. The predicted octanol–water partition coefficient (Wildman–Crippen LogP) is 3.27. The molecule has 1 radical (unpaired) electrons. The zero-order valence-corrected chi connectivity index (χ0v) is 8.74. The second kappa shape index (κ2) is 4.39. The van der Waals surface area contributed by atoms with Crippen LogP contribution in [0, 0.1) is 25.0 Å². The zero-order valence-electron chi connectivity index (χ0n) is 8.74. The molecule has 0 aliphatic rings. The molecule has 0 atom stereocenters. The molecule has 1 aromatic carbocycles. The van der Waals surface area contributed by atoms with Crippen molar-refractivity contribution >= 4 is 0 Å².